The molecule has 0 spiro atoms. The zero-order chi connectivity index (χ0) is 26.1. The normalized spacial score (nSPS) is 29.8. The summed E-state index contributed by atoms with van der Waals surface area (Å²) in [4.78, 5) is 47.2. The summed E-state index contributed by atoms with van der Waals surface area (Å²) in [5.41, 5.74) is 1.61. The van der Waals surface area contributed by atoms with Crippen LogP contribution in [-0.2, 0) is 9.59 Å². The van der Waals surface area contributed by atoms with Crippen LogP contribution in [0.4, 0.5) is 0 Å². The van der Waals surface area contributed by atoms with Gasteiger partial charge in [-0.3, -0.25) is 14.4 Å². The van der Waals surface area contributed by atoms with Crippen molar-refractivity contribution in [3.05, 3.63) is 36.0 Å². The van der Waals surface area contributed by atoms with Gasteiger partial charge in [0.05, 0.1) is 0 Å². The molecule has 7 nitrogen and oxygen atoms in total. The van der Waals surface area contributed by atoms with Crippen molar-refractivity contribution >= 4 is 28.6 Å². The quantitative estimate of drug-likeness (QED) is 0.625. The summed E-state index contributed by atoms with van der Waals surface area (Å²) < 4.78 is 0. The Balaban J connectivity index is 1.33. The van der Waals surface area contributed by atoms with E-state index in [9.17, 15) is 14.4 Å². The van der Waals surface area contributed by atoms with E-state index in [1.807, 2.05) is 35.2 Å². The van der Waals surface area contributed by atoms with E-state index in [0.29, 0.717) is 50.0 Å². The SMILES string of the molecule is CC(C)[C@@H]1CC[C@@H](C)CC(=O)N2C[C@H]3C[C@@H](CN(C(=O)c4cc5ccccc5[nH]4)C3)[C@@H]2CCCC(=O)N1. The van der Waals surface area contributed by atoms with Gasteiger partial charge in [-0.15, -0.1) is 0 Å². The molecule has 1 aromatic heterocycles. The Morgan fingerprint density at radius 3 is 2.65 bits per heavy atom. The zero-order valence-electron chi connectivity index (χ0n) is 22.5. The monoisotopic (exact) mass is 506 g/mol. The number of benzene rings is 1. The first-order valence-electron chi connectivity index (χ1n) is 14.2. The second-order valence-corrected chi connectivity index (χ2v) is 12.2. The van der Waals surface area contributed by atoms with Crippen LogP contribution in [0.15, 0.2) is 30.3 Å². The smallest absolute Gasteiger partial charge is 0.270 e. The second-order valence-electron chi connectivity index (χ2n) is 12.2. The highest BCUT2D eigenvalue weighted by molar-refractivity contribution is 5.98. The lowest BCUT2D eigenvalue weighted by Crippen LogP contribution is -2.60. The van der Waals surface area contributed by atoms with Gasteiger partial charge >= 0.3 is 0 Å². The molecule has 3 aliphatic heterocycles. The molecule has 0 radical (unpaired) electrons. The maximum atomic E-state index is 13.6. The third-order valence-electron chi connectivity index (χ3n) is 8.89. The van der Waals surface area contributed by atoms with Gasteiger partial charge in [-0.2, -0.15) is 0 Å². The number of piperidine rings is 2. The minimum Gasteiger partial charge on any atom is -0.353 e. The van der Waals surface area contributed by atoms with Crippen molar-refractivity contribution in [1.29, 1.82) is 0 Å². The van der Waals surface area contributed by atoms with Crippen LogP contribution >= 0.6 is 0 Å². The predicted octanol–water partition coefficient (Wildman–Crippen LogP) is 4.59. The fraction of sp³-hybridized carbons (Fsp3) is 0.633. The molecular formula is C30H42N4O3. The van der Waals surface area contributed by atoms with Crippen molar-refractivity contribution < 1.29 is 14.4 Å². The highest BCUT2D eigenvalue weighted by Crippen LogP contribution is 2.37. The number of aromatic amines is 1. The molecule has 37 heavy (non-hydrogen) atoms. The Hall–Kier alpha value is -2.83. The van der Waals surface area contributed by atoms with Gasteiger partial charge in [0.1, 0.15) is 5.69 Å². The molecule has 1 aromatic carbocycles. The van der Waals surface area contributed by atoms with Gasteiger partial charge in [-0.1, -0.05) is 39.0 Å². The van der Waals surface area contributed by atoms with Gasteiger partial charge in [0.25, 0.3) is 5.91 Å². The molecule has 3 aliphatic rings. The first-order chi connectivity index (χ1) is 17.8. The van der Waals surface area contributed by atoms with Crippen molar-refractivity contribution in [1.82, 2.24) is 20.1 Å². The molecule has 7 heteroatoms. The molecule has 3 fully saturated rings. The summed E-state index contributed by atoms with van der Waals surface area (Å²) in [7, 11) is 0. The molecule has 0 aliphatic carbocycles. The van der Waals surface area contributed by atoms with Crippen LogP contribution in [0, 0.1) is 23.7 Å². The largest absolute Gasteiger partial charge is 0.353 e. The van der Waals surface area contributed by atoms with E-state index < -0.39 is 0 Å². The number of rotatable bonds is 2. The maximum Gasteiger partial charge on any atom is 0.270 e. The topological polar surface area (TPSA) is 85.5 Å². The Morgan fingerprint density at radius 2 is 1.86 bits per heavy atom. The standard InChI is InChI=1S/C30H42N4O3/c1-19(2)24-12-11-20(3)13-29(36)34-17-21-14-23(27(34)9-6-10-28(35)32-24)18-33(16-21)30(37)26-15-22-7-4-5-8-25(22)31-26/h4-5,7-8,15,19-21,23-24,27,31H,6,9-14,16-18H2,1-3H3,(H,32,35)/t20-,21+,23+,24+,27+/m1/s1. The predicted molar refractivity (Wildman–Crippen MR) is 145 cm³/mol. The van der Waals surface area contributed by atoms with Crippen molar-refractivity contribution in [2.45, 2.75) is 77.8 Å². The van der Waals surface area contributed by atoms with Crippen LogP contribution in [0.1, 0.15) is 76.2 Å². The summed E-state index contributed by atoms with van der Waals surface area (Å²) in [6.07, 6.45) is 5.52. The minimum absolute atomic E-state index is 0.0445. The van der Waals surface area contributed by atoms with Gasteiger partial charge < -0.3 is 20.1 Å². The fourth-order valence-corrected chi connectivity index (χ4v) is 6.83. The molecule has 5 atom stereocenters. The molecule has 3 amide bonds. The Morgan fingerprint density at radius 1 is 1.05 bits per heavy atom. The number of carbonyl (C=O) groups is 3. The van der Waals surface area contributed by atoms with Crippen LogP contribution in [-0.4, -0.2) is 64.2 Å². The molecular weight excluding hydrogens is 464 g/mol. The van der Waals surface area contributed by atoms with E-state index in [-0.39, 0.29) is 41.6 Å². The second kappa shape index (κ2) is 10.9. The average molecular weight is 507 g/mol. The number of aromatic nitrogens is 1. The first kappa shape index (κ1) is 25.8. The van der Waals surface area contributed by atoms with E-state index in [4.69, 9.17) is 0 Å². The molecule has 2 N–H and O–H groups in total. The van der Waals surface area contributed by atoms with E-state index >= 15 is 0 Å². The number of carbonyl (C=O) groups excluding carboxylic acids is 3. The first-order valence-corrected chi connectivity index (χ1v) is 14.2. The van der Waals surface area contributed by atoms with E-state index in [1.165, 1.54) is 0 Å². The molecule has 2 aromatic rings. The van der Waals surface area contributed by atoms with Crippen LogP contribution in [0.5, 0.6) is 0 Å². The summed E-state index contributed by atoms with van der Waals surface area (Å²) in [6.45, 7) is 8.54. The van der Waals surface area contributed by atoms with Gasteiger partial charge in [-0.25, -0.2) is 0 Å². The highest BCUT2D eigenvalue weighted by Gasteiger charge is 2.44. The van der Waals surface area contributed by atoms with Crippen molar-refractivity contribution in [3.8, 4) is 0 Å². The van der Waals surface area contributed by atoms with Crippen LogP contribution < -0.4 is 5.32 Å². The number of nitrogens with zero attached hydrogens (tertiary/aromatic N) is 2. The van der Waals surface area contributed by atoms with E-state index in [0.717, 1.165) is 43.0 Å². The van der Waals surface area contributed by atoms with E-state index in [1.54, 1.807) is 0 Å². The number of amides is 3. The van der Waals surface area contributed by atoms with Crippen molar-refractivity contribution in [2.75, 3.05) is 19.6 Å². The lowest BCUT2D eigenvalue weighted by molar-refractivity contribution is -0.141. The number of hydrogen-bond acceptors (Lipinski definition) is 3. The third-order valence-corrected chi connectivity index (χ3v) is 8.89. The lowest BCUT2D eigenvalue weighted by Gasteiger charge is -2.51. The molecule has 2 bridgehead atoms. The van der Waals surface area contributed by atoms with Crippen LogP contribution in [0.25, 0.3) is 10.9 Å². The van der Waals surface area contributed by atoms with Gasteiger partial charge in [0, 0.05) is 55.5 Å². The fourth-order valence-electron chi connectivity index (χ4n) is 6.83. The average Bonchev–Trinajstić information content (AvgIpc) is 3.30. The Bertz CT molecular complexity index is 1110. The van der Waals surface area contributed by atoms with Crippen LogP contribution in [0.3, 0.4) is 0 Å². The van der Waals surface area contributed by atoms with Gasteiger partial charge in [0.2, 0.25) is 11.8 Å². The number of H-pyrrole nitrogens is 1. The van der Waals surface area contributed by atoms with Crippen molar-refractivity contribution in [2.24, 2.45) is 23.7 Å². The maximum absolute atomic E-state index is 13.6. The molecule has 5 rings (SSSR count). The lowest BCUT2D eigenvalue weighted by atomic mass is 9.77. The molecule has 3 saturated heterocycles. The van der Waals surface area contributed by atoms with Crippen LogP contribution in [0.2, 0.25) is 0 Å². The van der Waals surface area contributed by atoms with Gasteiger partial charge in [0.15, 0.2) is 0 Å². The summed E-state index contributed by atoms with van der Waals surface area (Å²) >= 11 is 0. The third kappa shape index (κ3) is 5.70. The molecule has 4 heterocycles. The Kier molecular flexibility index (Phi) is 7.59. The molecule has 200 valence electrons. The number of para-hydroxylation sites is 1. The summed E-state index contributed by atoms with van der Waals surface area (Å²) in [6, 6.07) is 10.2. The Labute approximate surface area is 220 Å². The van der Waals surface area contributed by atoms with Crippen molar-refractivity contribution in [3.63, 3.8) is 0 Å². The number of likely N-dealkylation sites (tertiary alicyclic amines) is 1. The number of nitrogens with one attached hydrogen (secondary N) is 2. The number of hydrogen-bond donors (Lipinski definition) is 2. The minimum atomic E-state index is 0.0445. The zero-order valence-corrected chi connectivity index (χ0v) is 22.5. The highest BCUT2D eigenvalue weighted by atomic mass is 16.2. The summed E-state index contributed by atoms with van der Waals surface area (Å²) in [5, 5.41) is 4.30. The van der Waals surface area contributed by atoms with Gasteiger partial charge in [-0.05, 0) is 67.9 Å². The molecule has 0 saturated carbocycles. The summed E-state index contributed by atoms with van der Waals surface area (Å²) in [5.74, 6) is 1.63. The number of fused-ring (bicyclic) bond motifs is 5. The molecule has 0 unspecified atom stereocenters. The van der Waals surface area contributed by atoms with E-state index in [2.05, 4.69) is 36.0 Å².